The highest BCUT2D eigenvalue weighted by Crippen LogP contribution is 2.29. The monoisotopic (exact) mass is 332 g/mol. The van der Waals surface area contributed by atoms with E-state index in [9.17, 15) is 10.1 Å². The molecule has 0 saturated heterocycles. The number of benzene rings is 2. The zero-order valence-electron chi connectivity index (χ0n) is 14.7. The average Bonchev–Trinajstić information content (AvgIpc) is 2.68. The number of hydrogen-bond acceptors (Lipinski definition) is 2. The quantitative estimate of drug-likeness (QED) is 0.863. The van der Waals surface area contributed by atoms with Gasteiger partial charge in [0.1, 0.15) is 0 Å². The Morgan fingerprint density at radius 2 is 1.68 bits per heavy atom. The van der Waals surface area contributed by atoms with E-state index >= 15 is 0 Å². The summed E-state index contributed by atoms with van der Waals surface area (Å²) in [6.07, 6.45) is 5.73. The standard InChI is InChI=1S/C22H24N2O/c1-2-16-11-13-18(14-12-16)24-22(25)21-10-6-5-9-20(21)19-8-4-3-7-17(19)15-23/h3-10,16,18H,2,11-14H2,1H3,(H,24,25). The van der Waals surface area contributed by atoms with Gasteiger partial charge in [-0.05, 0) is 49.3 Å². The summed E-state index contributed by atoms with van der Waals surface area (Å²) in [5.41, 5.74) is 2.86. The minimum Gasteiger partial charge on any atom is -0.349 e. The molecule has 0 bridgehead atoms. The van der Waals surface area contributed by atoms with Crippen molar-refractivity contribution in [1.82, 2.24) is 5.32 Å². The summed E-state index contributed by atoms with van der Waals surface area (Å²) in [6.45, 7) is 2.24. The second-order valence-corrected chi connectivity index (χ2v) is 6.80. The second-order valence-electron chi connectivity index (χ2n) is 6.80. The fourth-order valence-corrected chi connectivity index (χ4v) is 3.71. The van der Waals surface area contributed by atoms with Crippen LogP contribution < -0.4 is 5.32 Å². The van der Waals surface area contributed by atoms with Crippen LogP contribution in [0.3, 0.4) is 0 Å². The predicted molar refractivity (Wildman–Crippen MR) is 100 cm³/mol. The lowest BCUT2D eigenvalue weighted by Gasteiger charge is -2.28. The van der Waals surface area contributed by atoms with E-state index in [4.69, 9.17) is 0 Å². The van der Waals surface area contributed by atoms with Gasteiger partial charge in [-0.3, -0.25) is 4.79 Å². The van der Waals surface area contributed by atoms with Gasteiger partial charge in [0.05, 0.1) is 11.6 Å². The Morgan fingerprint density at radius 3 is 2.36 bits per heavy atom. The summed E-state index contributed by atoms with van der Waals surface area (Å²) in [5, 5.41) is 12.6. The van der Waals surface area contributed by atoms with Gasteiger partial charge in [0.25, 0.3) is 5.91 Å². The molecule has 3 rings (SSSR count). The van der Waals surface area contributed by atoms with E-state index in [0.717, 1.165) is 29.9 Å². The highest BCUT2D eigenvalue weighted by molar-refractivity contribution is 6.01. The van der Waals surface area contributed by atoms with Crippen LogP contribution in [0.5, 0.6) is 0 Å². The molecule has 3 nitrogen and oxygen atoms in total. The van der Waals surface area contributed by atoms with Crippen molar-refractivity contribution in [3.8, 4) is 17.2 Å². The molecule has 2 aromatic carbocycles. The van der Waals surface area contributed by atoms with Crippen LogP contribution in [-0.4, -0.2) is 11.9 Å². The zero-order valence-corrected chi connectivity index (χ0v) is 14.7. The molecule has 1 fully saturated rings. The lowest BCUT2D eigenvalue weighted by molar-refractivity contribution is 0.0922. The van der Waals surface area contributed by atoms with Crippen molar-refractivity contribution in [2.75, 3.05) is 0 Å². The summed E-state index contributed by atoms with van der Waals surface area (Å²) in [5.74, 6) is 0.770. The molecule has 128 valence electrons. The van der Waals surface area contributed by atoms with Gasteiger partial charge in [-0.2, -0.15) is 5.26 Å². The molecule has 0 aromatic heterocycles. The fraction of sp³-hybridized carbons (Fsp3) is 0.364. The van der Waals surface area contributed by atoms with Gasteiger partial charge in [-0.15, -0.1) is 0 Å². The van der Waals surface area contributed by atoms with E-state index < -0.39 is 0 Å². The van der Waals surface area contributed by atoms with Gasteiger partial charge in [-0.1, -0.05) is 49.7 Å². The molecular weight excluding hydrogens is 308 g/mol. The molecule has 0 unspecified atom stereocenters. The molecule has 1 aliphatic rings. The normalized spacial score (nSPS) is 19.8. The molecule has 3 heteroatoms. The van der Waals surface area contributed by atoms with Crippen LogP contribution in [0.15, 0.2) is 48.5 Å². The van der Waals surface area contributed by atoms with Crippen molar-refractivity contribution in [3.63, 3.8) is 0 Å². The number of rotatable bonds is 4. The molecule has 0 heterocycles. The maximum absolute atomic E-state index is 12.9. The summed E-state index contributed by atoms with van der Waals surface area (Å²) < 4.78 is 0. The lowest BCUT2D eigenvalue weighted by Crippen LogP contribution is -2.37. The van der Waals surface area contributed by atoms with Crippen molar-refractivity contribution in [3.05, 3.63) is 59.7 Å². The Kier molecular flexibility index (Phi) is 5.50. The molecular formula is C22H24N2O. The summed E-state index contributed by atoms with van der Waals surface area (Å²) in [4.78, 5) is 12.9. The Morgan fingerprint density at radius 1 is 1.04 bits per heavy atom. The third kappa shape index (κ3) is 3.91. The first-order chi connectivity index (χ1) is 12.2. The number of amides is 1. The number of carbonyl (C=O) groups is 1. The molecule has 1 aliphatic carbocycles. The van der Waals surface area contributed by atoms with Crippen LogP contribution in [-0.2, 0) is 0 Å². The number of hydrogen-bond donors (Lipinski definition) is 1. The van der Waals surface area contributed by atoms with Crippen molar-refractivity contribution in [1.29, 1.82) is 5.26 Å². The van der Waals surface area contributed by atoms with E-state index in [2.05, 4.69) is 18.3 Å². The molecule has 1 amide bonds. The third-order valence-corrected chi connectivity index (χ3v) is 5.27. The third-order valence-electron chi connectivity index (χ3n) is 5.27. The van der Waals surface area contributed by atoms with Crippen LogP contribution in [0.4, 0.5) is 0 Å². The largest absolute Gasteiger partial charge is 0.349 e. The molecule has 2 aromatic rings. The smallest absolute Gasteiger partial charge is 0.252 e. The van der Waals surface area contributed by atoms with E-state index in [1.807, 2.05) is 42.5 Å². The van der Waals surface area contributed by atoms with Crippen LogP contribution in [0.25, 0.3) is 11.1 Å². The van der Waals surface area contributed by atoms with Crippen molar-refractivity contribution in [2.24, 2.45) is 5.92 Å². The first-order valence-electron chi connectivity index (χ1n) is 9.12. The molecule has 1 N–H and O–H groups in total. The SMILES string of the molecule is CCC1CCC(NC(=O)c2ccccc2-c2ccccc2C#N)CC1. The van der Waals surface area contributed by atoms with Gasteiger partial charge in [0, 0.05) is 17.2 Å². The zero-order chi connectivity index (χ0) is 17.6. The lowest BCUT2D eigenvalue weighted by atomic mass is 9.84. The number of nitrogens with one attached hydrogen (secondary N) is 1. The predicted octanol–water partition coefficient (Wildman–Crippen LogP) is 4.92. The number of carbonyl (C=O) groups excluding carboxylic acids is 1. The maximum atomic E-state index is 12.9. The van der Waals surface area contributed by atoms with Crippen LogP contribution >= 0.6 is 0 Å². The molecule has 0 spiro atoms. The summed E-state index contributed by atoms with van der Waals surface area (Å²) in [7, 11) is 0. The molecule has 25 heavy (non-hydrogen) atoms. The van der Waals surface area contributed by atoms with Gasteiger partial charge in [-0.25, -0.2) is 0 Å². The van der Waals surface area contributed by atoms with Gasteiger partial charge < -0.3 is 5.32 Å². The Hall–Kier alpha value is -2.60. The van der Waals surface area contributed by atoms with Crippen molar-refractivity contribution in [2.45, 2.75) is 45.1 Å². The Labute approximate surface area is 149 Å². The highest BCUT2D eigenvalue weighted by atomic mass is 16.1. The maximum Gasteiger partial charge on any atom is 0.252 e. The number of nitrogens with zero attached hydrogens (tertiary/aromatic N) is 1. The van der Waals surface area contributed by atoms with Gasteiger partial charge in [0.2, 0.25) is 0 Å². The first-order valence-corrected chi connectivity index (χ1v) is 9.12. The molecule has 1 saturated carbocycles. The van der Waals surface area contributed by atoms with E-state index in [0.29, 0.717) is 11.1 Å². The summed E-state index contributed by atoms with van der Waals surface area (Å²) in [6, 6.07) is 17.5. The first kappa shape index (κ1) is 17.2. The van der Waals surface area contributed by atoms with Gasteiger partial charge >= 0.3 is 0 Å². The van der Waals surface area contributed by atoms with Crippen molar-refractivity contribution >= 4 is 5.91 Å². The second kappa shape index (κ2) is 7.98. The Balaban J connectivity index is 1.81. The minimum absolute atomic E-state index is 0.0386. The van der Waals surface area contributed by atoms with E-state index in [1.54, 1.807) is 6.07 Å². The molecule has 0 radical (unpaired) electrons. The summed E-state index contributed by atoms with van der Waals surface area (Å²) >= 11 is 0. The minimum atomic E-state index is -0.0386. The van der Waals surface area contributed by atoms with Crippen LogP contribution in [0.1, 0.15) is 54.9 Å². The van der Waals surface area contributed by atoms with Crippen LogP contribution in [0, 0.1) is 17.2 Å². The molecule has 0 aliphatic heterocycles. The van der Waals surface area contributed by atoms with Crippen LogP contribution in [0.2, 0.25) is 0 Å². The van der Waals surface area contributed by atoms with E-state index in [1.165, 1.54) is 19.3 Å². The molecule has 0 atom stereocenters. The highest BCUT2D eigenvalue weighted by Gasteiger charge is 2.23. The number of nitriles is 1. The van der Waals surface area contributed by atoms with Gasteiger partial charge in [0.15, 0.2) is 0 Å². The van der Waals surface area contributed by atoms with E-state index in [-0.39, 0.29) is 11.9 Å². The Bertz CT molecular complexity index is 783. The fourth-order valence-electron chi connectivity index (χ4n) is 3.71. The average molecular weight is 332 g/mol. The topological polar surface area (TPSA) is 52.9 Å². The van der Waals surface area contributed by atoms with Crippen molar-refractivity contribution < 1.29 is 4.79 Å².